The lowest BCUT2D eigenvalue weighted by Gasteiger charge is -2.27. The topological polar surface area (TPSA) is 20.3 Å². The predicted molar refractivity (Wildman–Crippen MR) is 64.1 cm³/mol. The van der Waals surface area contributed by atoms with Gasteiger partial charge in [-0.3, -0.25) is 4.79 Å². The van der Waals surface area contributed by atoms with Gasteiger partial charge in [-0.15, -0.1) is 11.6 Å². The standard InChI is InChI=1S/C12H22ClNO/c1-10(2)11-6-5-9-14(11)12(15)7-3-4-8-13/h10-11H,3-9H2,1-2H3. The molecule has 15 heavy (non-hydrogen) atoms. The Kier molecular flexibility index (Phi) is 5.44. The Labute approximate surface area is 98.0 Å². The van der Waals surface area contributed by atoms with Crippen LogP contribution in [0.3, 0.4) is 0 Å². The summed E-state index contributed by atoms with van der Waals surface area (Å²) in [6.07, 6.45) is 4.91. The molecule has 0 radical (unpaired) electrons. The van der Waals surface area contributed by atoms with Gasteiger partial charge < -0.3 is 4.90 Å². The van der Waals surface area contributed by atoms with Gasteiger partial charge in [-0.25, -0.2) is 0 Å². The number of hydrogen-bond acceptors (Lipinski definition) is 1. The number of alkyl halides is 1. The van der Waals surface area contributed by atoms with Crippen LogP contribution in [0.15, 0.2) is 0 Å². The molecule has 1 rings (SSSR count). The van der Waals surface area contributed by atoms with Crippen LogP contribution in [0, 0.1) is 5.92 Å². The monoisotopic (exact) mass is 231 g/mol. The number of unbranched alkanes of at least 4 members (excludes halogenated alkanes) is 1. The van der Waals surface area contributed by atoms with Gasteiger partial charge in [0.15, 0.2) is 0 Å². The first-order valence-corrected chi connectivity index (χ1v) is 6.55. The Bertz CT molecular complexity index is 206. The minimum Gasteiger partial charge on any atom is -0.339 e. The molecule has 1 unspecified atom stereocenters. The molecule has 0 aromatic rings. The van der Waals surface area contributed by atoms with E-state index in [0.29, 0.717) is 30.2 Å². The van der Waals surface area contributed by atoms with Crippen molar-refractivity contribution in [3.63, 3.8) is 0 Å². The second-order valence-corrected chi connectivity index (χ2v) is 5.06. The fraction of sp³-hybridized carbons (Fsp3) is 0.917. The van der Waals surface area contributed by atoms with Crippen LogP contribution in [0.25, 0.3) is 0 Å². The van der Waals surface area contributed by atoms with Gasteiger partial charge in [0, 0.05) is 24.9 Å². The minimum absolute atomic E-state index is 0.330. The van der Waals surface area contributed by atoms with Crippen LogP contribution in [0.4, 0.5) is 0 Å². The van der Waals surface area contributed by atoms with E-state index in [1.807, 2.05) is 0 Å². The highest BCUT2D eigenvalue weighted by Crippen LogP contribution is 2.24. The molecule has 2 nitrogen and oxygen atoms in total. The summed E-state index contributed by atoms with van der Waals surface area (Å²) < 4.78 is 0. The Balaban J connectivity index is 2.37. The zero-order valence-electron chi connectivity index (χ0n) is 9.84. The molecule has 0 bridgehead atoms. The van der Waals surface area contributed by atoms with E-state index in [9.17, 15) is 4.79 Å². The van der Waals surface area contributed by atoms with Crippen LogP contribution in [0.5, 0.6) is 0 Å². The zero-order chi connectivity index (χ0) is 11.3. The van der Waals surface area contributed by atoms with Crippen molar-refractivity contribution in [3.05, 3.63) is 0 Å². The van der Waals surface area contributed by atoms with Crippen molar-refractivity contribution in [2.75, 3.05) is 12.4 Å². The largest absolute Gasteiger partial charge is 0.339 e. The first-order valence-electron chi connectivity index (χ1n) is 6.02. The molecule has 88 valence electrons. The number of carbonyl (C=O) groups is 1. The molecule has 3 heteroatoms. The third kappa shape index (κ3) is 3.67. The zero-order valence-corrected chi connectivity index (χ0v) is 10.6. The van der Waals surface area contributed by atoms with Gasteiger partial charge >= 0.3 is 0 Å². The quantitative estimate of drug-likeness (QED) is 0.526. The molecular formula is C12H22ClNO. The van der Waals surface area contributed by atoms with E-state index in [2.05, 4.69) is 18.7 Å². The smallest absolute Gasteiger partial charge is 0.222 e. The molecule has 0 spiro atoms. The molecule has 0 saturated carbocycles. The summed E-state index contributed by atoms with van der Waals surface area (Å²) in [7, 11) is 0. The fourth-order valence-electron chi connectivity index (χ4n) is 2.31. The van der Waals surface area contributed by atoms with Gasteiger partial charge in [0.2, 0.25) is 5.91 Å². The molecule has 1 aliphatic rings. The highest BCUT2D eigenvalue weighted by molar-refractivity contribution is 6.17. The highest BCUT2D eigenvalue weighted by atomic mass is 35.5. The molecule has 1 amide bonds. The maximum absolute atomic E-state index is 11.9. The number of halogens is 1. The first-order chi connectivity index (χ1) is 7.16. The molecule has 1 heterocycles. The van der Waals surface area contributed by atoms with Crippen molar-refractivity contribution >= 4 is 17.5 Å². The molecule has 0 aliphatic carbocycles. The summed E-state index contributed by atoms with van der Waals surface area (Å²) in [5, 5.41) is 0. The predicted octanol–water partition coefficient (Wildman–Crippen LogP) is 3.04. The fourth-order valence-corrected chi connectivity index (χ4v) is 2.50. The SMILES string of the molecule is CC(C)C1CCCN1C(=O)CCCCCl. The normalized spacial score (nSPS) is 21.3. The maximum Gasteiger partial charge on any atom is 0.222 e. The van der Waals surface area contributed by atoms with Crippen LogP contribution in [0.2, 0.25) is 0 Å². The van der Waals surface area contributed by atoms with E-state index in [0.717, 1.165) is 19.4 Å². The van der Waals surface area contributed by atoms with Crippen molar-refractivity contribution in [1.29, 1.82) is 0 Å². The number of carbonyl (C=O) groups excluding carboxylic acids is 1. The molecule has 1 aliphatic heterocycles. The molecule has 1 fully saturated rings. The van der Waals surface area contributed by atoms with Crippen LogP contribution in [-0.2, 0) is 4.79 Å². The van der Waals surface area contributed by atoms with Crippen LogP contribution in [-0.4, -0.2) is 29.3 Å². The van der Waals surface area contributed by atoms with E-state index in [1.54, 1.807) is 0 Å². The van der Waals surface area contributed by atoms with Crippen molar-refractivity contribution < 1.29 is 4.79 Å². The number of likely N-dealkylation sites (tertiary alicyclic amines) is 1. The maximum atomic E-state index is 11.9. The van der Waals surface area contributed by atoms with Gasteiger partial charge in [-0.1, -0.05) is 13.8 Å². The molecule has 0 aromatic heterocycles. The summed E-state index contributed by atoms with van der Waals surface area (Å²) >= 11 is 5.60. The summed E-state index contributed by atoms with van der Waals surface area (Å²) in [4.78, 5) is 14.0. The van der Waals surface area contributed by atoms with E-state index >= 15 is 0 Å². The van der Waals surface area contributed by atoms with Crippen LogP contribution < -0.4 is 0 Å². The lowest BCUT2D eigenvalue weighted by Crippen LogP contribution is -2.38. The lowest BCUT2D eigenvalue weighted by atomic mass is 10.0. The Morgan fingerprint density at radius 2 is 2.20 bits per heavy atom. The lowest BCUT2D eigenvalue weighted by molar-refractivity contribution is -0.132. The third-order valence-corrected chi connectivity index (χ3v) is 3.43. The summed E-state index contributed by atoms with van der Waals surface area (Å²) in [6.45, 7) is 5.37. The second kappa shape index (κ2) is 6.37. The van der Waals surface area contributed by atoms with Crippen molar-refractivity contribution in [3.8, 4) is 0 Å². The van der Waals surface area contributed by atoms with E-state index < -0.39 is 0 Å². The molecule has 1 atom stereocenters. The highest BCUT2D eigenvalue weighted by Gasteiger charge is 2.29. The average Bonchev–Trinajstić information content (AvgIpc) is 2.66. The van der Waals surface area contributed by atoms with Crippen LogP contribution in [0.1, 0.15) is 46.0 Å². The van der Waals surface area contributed by atoms with Crippen molar-refractivity contribution in [1.82, 2.24) is 4.90 Å². The van der Waals surface area contributed by atoms with Gasteiger partial charge in [-0.05, 0) is 31.6 Å². The van der Waals surface area contributed by atoms with Gasteiger partial charge in [0.25, 0.3) is 0 Å². The van der Waals surface area contributed by atoms with Crippen molar-refractivity contribution in [2.45, 2.75) is 52.0 Å². The molecule has 1 saturated heterocycles. The van der Waals surface area contributed by atoms with E-state index in [1.165, 1.54) is 12.8 Å². The minimum atomic E-state index is 0.330. The van der Waals surface area contributed by atoms with E-state index in [4.69, 9.17) is 11.6 Å². The number of hydrogen-bond donors (Lipinski definition) is 0. The summed E-state index contributed by atoms with van der Waals surface area (Å²) in [6, 6.07) is 0.480. The van der Waals surface area contributed by atoms with Gasteiger partial charge in [-0.2, -0.15) is 0 Å². The first kappa shape index (κ1) is 12.8. The molecule has 0 aromatic carbocycles. The summed E-state index contributed by atoms with van der Waals surface area (Å²) in [5.74, 6) is 1.58. The van der Waals surface area contributed by atoms with Gasteiger partial charge in [0.05, 0.1) is 0 Å². The third-order valence-electron chi connectivity index (χ3n) is 3.16. The van der Waals surface area contributed by atoms with Gasteiger partial charge in [0.1, 0.15) is 0 Å². The Morgan fingerprint density at radius 1 is 1.47 bits per heavy atom. The average molecular weight is 232 g/mol. The molecular weight excluding hydrogens is 210 g/mol. The van der Waals surface area contributed by atoms with Crippen LogP contribution >= 0.6 is 11.6 Å². The van der Waals surface area contributed by atoms with Crippen molar-refractivity contribution in [2.24, 2.45) is 5.92 Å². The number of amides is 1. The molecule has 0 N–H and O–H groups in total. The number of nitrogens with zero attached hydrogens (tertiary/aromatic N) is 1. The number of rotatable bonds is 5. The summed E-state index contributed by atoms with van der Waals surface area (Å²) in [5.41, 5.74) is 0. The van der Waals surface area contributed by atoms with E-state index in [-0.39, 0.29) is 0 Å². The Morgan fingerprint density at radius 3 is 2.80 bits per heavy atom. The second-order valence-electron chi connectivity index (χ2n) is 4.69. The Hall–Kier alpha value is -0.240.